The normalized spacial score (nSPS) is 41.1. The van der Waals surface area contributed by atoms with Crippen LogP contribution in [-0.4, -0.2) is 34.6 Å². The summed E-state index contributed by atoms with van der Waals surface area (Å²) in [7, 11) is 2.35. The number of aromatic nitrogens is 1. The minimum absolute atomic E-state index is 0.408. The summed E-state index contributed by atoms with van der Waals surface area (Å²) < 4.78 is 6.10. The molecule has 3 heterocycles. The largest absolute Gasteiger partial charge is 0.361 e. The van der Waals surface area contributed by atoms with Gasteiger partial charge >= 0.3 is 0 Å². The molecule has 4 aliphatic rings. The van der Waals surface area contributed by atoms with Crippen LogP contribution in [0, 0.1) is 11.8 Å². The fourth-order valence-electron chi connectivity index (χ4n) is 6.95. The maximum absolute atomic E-state index is 6.42. The third-order valence-electron chi connectivity index (χ3n) is 8.52. The number of fused-ring (bicyclic) bond motifs is 2. The molecule has 0 radical (unpaired) electrons. The molecule has 1 aromatic rings. The monoisotopic (exact) mass is 390 g/mol. The molecule has 0 amide bonds. The van der Waals surface area contributed by atoms with Gasteiger partial charge in [0.05, 0.1) is 5.69 Å². The van der Waals surface area contributed by atoms with E-state index in [0.717, 1.165) is 17.9 Å². The van der Waals surface area contributed by atoms with Gasteiger partial charge in [-0.25, -0.2) is 0 Å². The summed E-state index contributed by atoms with van der Waals surface area (Å²) >= 11 is 6.42. The van der Waals surface area contributed by atoms with Gasteiger partial charge in [-0.05, 0) is 76.7 Å². The Balaban J connectivity index is 1.41. The predicted molar refractivity (Wildman–Crippen MR) is 109 cm³/mol. The molecule has 0 N–H and O–H groups in total. The summed E-state index contributed by atoms with van der Waals surface area (Å²) in [5, 5.41) is 5.01. The van der Waals surface area contributed by atoms with Crippen LogP contribution < -0.4 is 0 Å². The smallest absolute Gasteiger partial charge is 0.141 e. The van der Waals surface area contributed by atoms with Crippen molar-refractivity contribution >= 4 is 11.6 Å². The molecular formula is C23H35ClN2O. The van der Waals surface area contributed by atoms with E-state index >= 15 is 0 Å². The highest BCUT2D eigenvalue weighted by molar-refractivity contribution is 6.20. The van der Waals surface area contributed by atoms with Gasteiger partial charge in [0.1, 0.15) is 5.76 Å². The van der Waals surface area contributed by atoms with Crippen molar-refractivity contribution in [1.29, 1.82) is 0 Å². The highest BCUT2D eigenvalue weighted by Gasteiger charge is 2.50. The zero-order valence-corrected chi connectivity index (χ0v) is 17.5. The molecule has 0 spiro atoms. The Morgan fingerprint density at radius 2 is 1.78 bits per heavy atom. The van der Waals surface area contributed by atoms with Crippen LogP contribution in [0.5, 0.6) is 0 Å². The summed E-state index contributed by atoms with van der Waals surface area (Å²) in [4.78, 5) is 2.66. The molecule has 2 saturated carbocycles. The minimum atomic E-state index is 0.408. The van der Waals surface area contributed by atoms with Gasteiger partial charge in [0, 0.05) is 35.4 Å². The van der Waals surface area contributed by atoms with Crippen LogP contribution in [0.3, 0.4) is 0 Å². The van der Waals surface area contributed by atoms with Gasteiger partial charge in [-0.3, -0.25) is 4.90 Å². The highest BCUT2D eigenvalue weighted by Crippen LogP contribution is 2.52. The summed E-state index contributed by atoms with van der Waals surface area (Å²) in [6.07, 6.45) is 15.7. The third kappa shape index (κ3) is 3.48. The number of likely N-dealkylation sites (N-methyl/N-ethyl adjacent to an activating group) is 1. The fraction of sp³-hybridized carbons (Fsp3) is 0.870. The average molecular weight is 391 g/mol. The van der Waals surface area contributed by atoms with Gasteiger partial charge in [0.15, 0.2) is 0 Å². The van der Waals surface area contributed by atoms with E-state index in [-0.39, 0.29) is 0 Å². The minimum Gasteiger partial charge on any atom is -0.361 e. The zero-order valence-electron chi connectivity index (χ0n) is 16.8. The van der Waals surface area contributed by atoms with E-state index in [4.69, 9.17) is 16.1 Å². The van der Waals surface area contributed by atoms with Crippen molar-refractivity contribution in [2.75, 3.05) is 7.05 Å². The van der Waals surface area contributed by atoms with E-state index in [1.807, 2.05) is 0 Å². The Bertz CT molecular complexity index is 632. The number of alkyl halides is 1. The van der Waals surface area contributed by atoms with Crippen LogP contribution in [0.15, 0.2) is 10.6 Å². The number of hydrogen-bond donors (Lipinski definition) is 0. The molecule has 2 unspecified atom stereocenters. The van der Waals surface area contributed by atoms with Crippen LogP contribution in [0.25, 0.3) is 0 Å². The maximum Gasteiger partial charge on any atom is 0.141 e. The molecule has 27 heavy (non-hydrogen) atoms. The van der Waals surface area contributed by atoms with Crippen LogP contribution in [0.4, 0.5) is 0 Å². The van der Waals surface area contributed by atoms with Crippen molar-refractivity contribution in [3.63, 3.8) is 0 Å². The van der Waals surface area contributed by atoms with E-state index in [1.165, 1.54) is 88.5 Å². The molecule has 0 aromatic carbocycles. The van der Waals surface area contributed by atoms with Crippen molar-refractivity contribution in [3.8, 4) is 0 Å². The first-order valence-electron chi connectivity index (χ1n) is 11.5. The van der Waals surface area contributed by atoms with E-state index in [1.54, 1.807) is 0 Å². The molecule has 1 aromatic heterocycles. The first-order valence-corrected chi connectivity index (χ1v) is 12.0. The topological polar surface area (TPSA) is 29.3 Å². The first kappa shape index (κ1) is 18.5. The number of nitrogens with zero attached hydrogens (tertiary/aromatic N) is 2. The summed E-state index contributed by atoms with van der Waals surface area (Å²) in [6.45, 7) is 0. The van der Waals surface area contributed by atoms with E-state index in [9.17, 15) is 0 Å². The molecular weight excluding hydrogens is 356 g/mol. The van der Waals surface area contributed by atoms with E-state index in [0.29, 0.717) is 23.3 Å². The number of halogens is 1. The quantitative estimate of drug-likeness (QED) is 0.585. The summed E-state index contributed by atoms with van der Waals surface area (Å²) in [5.41, 5.74) is 1.25. The van der Waals surface area contributed by atoms with Gasteiger partial charge < -0.3 is 4.52 Å². The highest BCUT2D eigenvalue weighted by atomic mass is 35.5. The molecule has 150 valence electrons. The molecule has 2 bridgehead atoms. The van der Waals surface area contributed by atoms with E-state index in [2.05, 4.69) is 23.2 Å². The van der Waals surface area contributed by atoms with Crippen LogP contribution in [0.1, 0.15) is 100 Å². The summed E-state index contributed by atoms with van der Waals surface area (Å²) in [6, 6.07) is 3.80. The van der Waals surface area contributed by atoms with Crippen LogP contribution in [-0.2, 0) is 0 Å². The van der Waals surface area contributed by atoms with Gasteiger partial charge in [0.25, 0.3) is 0 Å². The maximum atomic E-state index is 6.42. The van der Waals surface area contributed by atoms with Crippen molar-refractivity contribution in [1.82, 2.24) is 10.1 Å². The number of piperidine rings is 1. The Kier molecular flexibility index (Phi) is 5.28. The third-order valence-corrected chi connectivity index (χ3v) is 8.96. The second-order valence-corrected chi connectivity index (χ2v) is 10.5. The molecule has 5 rings (SSSR count). The number of rotatable bonds is 3. The van der Waals surface area contributed by atoms with Gasteiger partial charge in [-0.1, -0.05) is 24.4 Å². The second-order valence-electron chi connectivity index (χ2n) is 9.89. The number of hydrogen-bond acceptors (Lipinski definition) is 3. The van der Waals surface area contributed by atoms with Crippen molar-refractivity contribution < 1.29 is 4.52 Å². The Morgan fingerprint density at radius 1 is 1.00 bits per heavy atom. The van der Waals surface area contributed by atoms with Crippen LogP contribution >= 0.6 is 11.6 Å². The molecule has 4 heteroatoms. The zero-order chi connectivity index (χ0) is 18.4. The van der Waals surface area contributed by atoms with Crippen molar-refractivity contribution in [2.45, 2.75) is 106 Å². The Labute approximate surface area is 169 Å². The van der Waals surface area contributed by atoms with Gasteiger partial charge in [-0.2, -0.15) is 0 Å². The fourth-order valence-corrected chi connectivity index (χ4v) is 7.20. The molecule has 4 atom stereocenters. The standard InChI is InChI=1S/C23H35ClN2O/c1-26-18-11-12-21(26)23(19(13-18)15-7-9-17(24)10-8-15)22-14-20(25-27-22)16-5-3-2-4-6-16/h14-19,21,23H,2-13H2,1H3/t15?,17?,18?,19-,21?,23+/m1/s1. The average Bonchev–Trinajstić information content (AvgIpc) is 3.26. The predicted octanol–water partition coefficient (Wildman–Crippen LogP) is 6.09. The summed E-state index contributed by atoms with van der Waals surface area (Å²) in [5.74, 6) is 3.96. The van der Waals surface area contributed by atoms with Gasteiger partial charge in [-0.15, -0.1) is 11.6 Å². The lowest BCUT2D eigenvalue weighted by molar-refractivity contribution is 0.0519. The van der Waals surface area contributed by atoms with E-state index < -0.39 is 0 Å². The van der Waals surface area contributed by atoms with Crippen molar-refractivity contribution in [3.05, 3.63) is 17.5 Å². The molecule has 2 saturated heterocycles. The molecule has 2 aliphatic heterocycles. The van der Waals surface area contributed by atoms with Gasteiger partial charge in [0.2, 0.25) is 0 Å². The first-order chi connectivity index (χ1) is 13.2. The molecule has 2 aliphatic carbocycles. The SMILES string of the molecule is CN1C2CCC1[C@@H](c1cc(C3CCCCC3)no1)[C@@H](C1CCC(Cl)CC1)C2. The lowest BCUT2D eigenvalue weighted by atomic mass is 9.67. The van der Waals surface area contributed by atoms with Crippen LogP contribution in [0.2, 0.25) is 0 Å². The lowest BCUT2D eigenvalue weighted by Gasteiger charge is -2.46. The molecule has 4 fully saturated rings. The Morgan fingerprint density at radius 3 is 2.56 bits per heavy atom. The second kappa shape index (κ2) is 7.71. The van der Waals surface area contributed by atoms with Crippen molar-refractivity contribution in [2.24, 2.45) is 11.8 Å². The Hall–Kier alpha value is -0.540. The molecule has 3 nitrogen and oxygen atoms in total. The lowest BCUT2D eigenvalue weighted by Crippen LogP contribution is -2.47.